The number of esters is 1. The van der Waals surface area contributed by atoms with E-state index in [-0.39, 0.29) is 17.6 Å². The molecule has 0 amide bonds. The minimum atomic E-state index is -0.381. The van der Waals surface area contributed by atoms with E-state index < -0.39 is 0 Å². The summed E-state index contributed by atoms with van der Waals surface area (Å²) < 4.78 is 5.10. The molecule has 148 valence electrons. The van der Waals surface area contributed by atoms with E-state index in [1.807, 2.05) is 0 Å². The SMILES string of the molecule is CCOC(=O)c1sc2nc([C@H](C)[NH2+]C3CCCCCCC3)[nH]c(=O)c2c1C. The van der Waals surface area contributed by atoms with Crippen LogP contribution in [0, 0.1) is 6.92 Å². The Labute approximate surface area is 163 Å². The van der Waals surface area contributed by atoms with Crippen molar-refractivity contribution >= 4 is 27.5 Å². The molecule has 3 N–H and O–H groups in total. The van der Waals surface area contributed by atoms with E-state index >= 15 is 0 Å². The van der Waals surface area contributed by atoms with Crippen molar-refractivity contribution in [1.82, 2.24) is 9.97 Å². The minimum Gasteiger partial charge on any atom is -0.462 e. The smallest absolute Gasteiger partial charge is 0.348 e. The summed E-state index contributed by atoms with van der Waals surface area (Å²) in [6.45, 7) is 5.97. The molecule has 1 fully saturated rings. The van der Waals surface area contributed by atoms with E-state index in [2.05, 4.69) is 17.2 Å². The molecule has 1 aliphatic rings. The lowest BCUT2D eigenvalue weighted by Crippen LogP contribution is -2.90. The number of H-pyrrole nitrogens is 1. The first-order chi connectivity index (χ1) is 13.0. The van der Waals surface area contributed by atoms with Gasteiger partial charge in [0.2, 0.25) is 0 Å². The van der Waals surface area contributed by atoms with E-state index in [1.165, 1.54) is 56.3 Å². The number of carbonyl (C=O) groups excluding carboxylic acids is 1. The van der Waals surface area contributed by atoms with Crippen LogP contribution in [0.15, 0.2) is 4.79 Å². The summed E-state index contributed by atoms with van der Waals surface area (Å²) in [5.74, 6) is 0.305. The van der Waals surface area contributed by atoms with Crippen molar-refractivity contribution in [2.45, 2.75) is 77.8 Å². The van der Waals surface area contributed by atoms with E-state index in [9.17, 15) is 9.59 Å². The van der Waals surface area contributed by atoms with Gasteiger partial charge in [0.15, 0.2) is 5.82 Å². The monoisotopic (exact) mass is 392 g/mol. The van der Waals surface area contributed by atoms with Gasteiger partial charge >= 0.3 is 5.97 Å². The summed E-state index contributed by atoms with van der Waals surface area (Å²) in [7, 11) is 0. The predicted octanol–water partition coefficient (Wildman–Crippen LogP) is 3.21. The number of hydrogen-bond acceptors (Lipinski definition) is 5. The standard InChI is InChI=1S/C20H29N3O3S/c1-4-26-20(25)16-12(2)15-18(24)22-17(23-19(15)27-16)13(3)21-14-10-8-6-5-7-9-11-14/h13-14,21H,4-11H2,1-3H3,(H,22,23,24)/p+1/t13-/m0/s1. The van der Waals surface area contributed by atoms with Gasteiger partial charge in [-0.1, -0.05) is 19.3 Å². The lowest BCUT2D eigenvalue weighted by Gasteiger charge is -2.21. The number of quaternary nitrogens is 1. The minimum absolute atomic E-state index is 0.0833. The highest BCUT2D eigenvalue weighted by Crippen LogP contribution is 2.28. The quantitative estimate of drug-likeness (QED) is 0.765. The zero-order valence-electron chi connectivity index (χ0n) is 16.5. The van der Waals surface area contributed by atoms with Crippen LogP contribution in [0.2, 0.25) is 0 Å². The van der Waals surface area contributed by atoms with Crippen LogP contribution in [-0.4, -0.2) is 28.6 Å². The zero-order chi connectivity index (χ0) is 19.4. The number of nitrogens with two attached hydrogens (primary N) is 1. The lowest BCUT2D eigenvalue weighted by atomic mass is 9.96. The molecule has 0 radical (unpaired) electrons. The van der Waals surface area contributed by atoms with Crippen LogP contribution in [0.1, 0.15) is 85.9 Å². The Balaban J connectivity index is 1.84. The van der Waals surface area contributed by atoms with Crippen molar-refractivity contribution < 1.29 is 14.8 Å². The van der Waals surface area contributed by atoms with Crippen LogP contribution in [-0.2, 0) is 4.74 Å². The van der Waals surface area contributed by atoms with Gasteiger partial charge in [-0.05, 0) is 52.0 Å². The van der Waals surface area contributed by atoms with Crippen molar-refractivity contribution in [3.05, 3.63) is 26.6 Å². The molecule has 0 unspecified atom stereocenters. The first-order valence-electron chi connectivity index (χ1n) is 10.1. The molecular weight excluding hydrogens is 362 g/mol. The molecule has 2 heterocycles. The molecule has 0 saturated heterocycles. The van der Waals surface area contributed by atoms with E-state index in [0.29, 0.717) is 39.1 Å². The number of thiophene rings is 1. The van der Waals surface area contributed by atoms with Gasteiger partial charge in [-0.25, -0.2) is 9.78 Å². The second-order valence-electron chi connectivity index (χ2n) is 7.49. The molecule has 0 aromatic carbocycles. The molecule has 2 aromatic rings. The highest BCUT2D eigenvalue weighted by Gasteiger charge is 2.24. The Bertz CT molecular complexity index is 850. The number of aromatic nitrogens is 2. The van der Waals surface area contributed by atoms with Gasteiger partial charge < -0.3 is 15.0 Å². The number of rotatable bonds is 5. The molecule has 27 heavy (non-hydrogen) atoms. The summed E-state index contributed by atoms with van der Waals surface area (Å²) in [4.78, 5) is 33.5. The normalized spacial score (nSPS) is 17.4. The molecular formula is C20H30N3O3S+. The van der Waals surface area contributed by atoms with Crippen molar-refractivity contribution in [3.63, 3.8) is 0 Å². The Morgan fingerprint density at radius 2 is 1.96 bits per heavy atom. The van der Waals surface area contributed by atoms with Crippen LogP contribution in [0.25, 0.3) is 10.2 Å². The third-order valence-corrected chi connectivity index (χ3v) is 6.59. The maximum Gasteiger partial charge on any atom is 0.348 e. The van der Waals surface area contributed by atoms with Gasteiger partial charge in [0.25, 0.3) is 5.56 Å². The fraction of sp³-hybridized carbons (Fsp3) is 0.650. The molecule has 7 heteroatoms. The van der Waals surface area contributed by atoms with E-state index in [0.717, 1.165) is 0 Å². The number of hydrogen-bond donors (Lipinski definition) is 2. The van der Waals surface area contributed by atoms with Crippen LogP contribution in [0.3, 0.4) is 0 Å². The highest BCUT2D eigenvalue weighted by molar-refractivity contribution is 7.20. The Hall–Kier alpha value is -1.73. The van der Waals surface area contributed by atoms with E-state index in [4.69, 9.17) is 9.72 Å². The molecule has 0 aliphatic heterocycles. The third kappa shape index (κ3) is 4.58. The number of aryl methyl sites for hydroxylation is 1. The fourth-order valence-electron chi connectivity index (χ4n) is 3.95. The van der Waals surface area contributed by atoms with E-state index in [1.54, 1.807) is 13.8 Å². The molecule has 2 aromatic heterocycles. The van der Waals surface area contributed by atoms with Gasteiger partial charge in [-0.2, -0.15) is 0 Å². The predicted molar refractivity (Wildman–Crippen MR) is 107 cm³/mol. The number of nitrogens with one attached hydrogen (secondary N) is 1. The number of aromatic amines is 1. The maximum atomic E-state index is 12.7. The van der Waals surface area contributed by atoms with Gasteiger partial charge in [-0.3, -0.25) is 4.79 Å². The zero-order valence-corrected chi connectivity index (χ0v) is 17.3. The van der Waals surface area contributed by atoms with Crippen LogP contribution in [0.4, 0.5) is 0 Å². The Morgan fingerprint density at radius 1 is 1.30 bits per heavy atom. The van der Waals surface area contributed by atoms with Gasteiger partial charge in [-0.15, -0.1) is 11.3 Å². The number of carbonyl (C=O) groups is 1. The molecule has 0 bridgehead atoms. The summed E-state index contributed by atoms with van der Waals surface area (Å²) in [5, 5.41) is 2.85. The van der Waals surface area contributed by atoms with Crippen molar-refractivity contribution in [2.24, 2.45) is 0 Å². The highest BCUT2D eigenvalue weighted by atomic mass is 32.1. The summed E-state index contributed by atoms with van der Waals surface area (Å²) in [6.07, 6.45) is 9.02. The van der Waals surface area contributed by atoms with Crippen LogP contribution in [0.5, 0.6) is 0 Å². The lowest BCUT2D eigenvalue weighted by molar-refractivity contribution is -0.727. The average Bonchev–Trinajstić information content (AvgIpc) is 2.94. The summed E-state index contributed by atoms with van der Waals surface area (Å²) >= 11 is 1.25. The van der Waals surface area contributed by atoms with Gasteiger partial charge in [0.1, 0.15) is 15.7 Å². The van der Waals surface area contributed by atoms with Gasteiger partial charge in [0, 0.05) is 0 Å². The van der Waals surface area contributed by atoms with Crippen molar-refractivity contribution in [1.29, 1.82) is 0 Å². The van der Waals surface area contributed by atoms with Crippen molar-refractivity contribution in [2.75, 3.05) is 6.61 Å². The summed E-state index contributed by atoms with van der Waals surface area (Å²) in [6, 6.07) is 0.668. The Kier molecular flexibility index (Phi) is 6.65. The van der Waals surface area contributed by atoms with Gasteiger partial charge in [0.05, 0.1) is 18.0 Å². The summed E-state index contributed by atoms with van der Waals surface area (Å²) in [5.41, 5.74) is 0.489. The molecule has 1 saturated carbocycles. The number of nitrogens with zero attached hydrogens (tertiary/aromatic N) is 1. The maximum absolute atomic E-state index is 12.7. The molecule has 1 aliphatic carbocycles. The fourth-order valence-corrected chi connectivity index (χ4v) is 5.03. The number of ether oxygens (including phenoxy) is 1. The molecule has 1 atom stereocenters. The topological polar surface area (TPSA) is 88.7 Å². The largest absolute Gasteiger partial charge is 0.462 e. The molecule has 0 spiro atoms. The van der Waals surface area contributed by atoms with Crippen LogP contribution < -0.4 is 10.9 Å². The van der Waals surface area contributed by atoms with Crippen LogP contribution >= 0.6 is 11.3 Å². The first kappa shape index (κ1) is 20.0. The van der Waals surface area contributed by atoms with Crippen molar-refractivity contribution in [3.8, 4) is 0 Å². The second-order valence-corrected chi connectivity index (χ2v) is 8.49. The number of fused-ring (bicyclic) bond motifs is 1. The average molecular weight is 393 g/mol. The Morgan fingerprint density at radius 3 is 2.63 bits per heavy atom. The first-order valence-corrected chi connectivity index (χ1v) is 10.9. The molecule has 6 nitrogen and oxygen atoms in total. The second kappa shape index (κ2) is 8.97. The third-order valence-electron chi connectivity index (χ3n) is 5.42. The molecule has 3 rings (SSSR count).